The van der Waals surface area contributed by atoms with E-state index >= 15 is 0 Å². The number of rotatable bonds is 3. The Morgan fingerprint density at radius 1 is 1.43 bits per heavy atom. The van der Waals surface area contributed by atoms with E-state index in [9.17, 15) is 4.79 Å². The van der Waals surface area contributed by atoms with Crippen molar-refractivity contribution >= 4 is 34.1 Å². The first kappa shape index (κ1) is 14.8. The number of fused-ring (bicyclic) bond motifs is 1. The summed E-state index contributed by atoms with van der Waals surface area (Å²) in [5.74, 6) is 0.0590. The molecule has 2 N–H and O–H groups in total. The number of benzene rings is 1. The molecule has 0 bridgehead atoms. The molecule has 1 amide bonds. The van der Waals surface area contributed by atoms with Gasteiger partial charge in [0, 0.05) is 48.1 Å². The molecule has 1 saturated heterocycles. The third-order valence-electron chi connectivity index (χ3n) is 5.26. The van der Waals surface area contributed by atoms with Gasteiger partial charge in [-0.1, -0.05) is 18.5 Å². The summed E-state index contributed by atoms with van der Waals surface area (Å²) in [4.78, 5) is 13.5. The molecule has 0 atom stereocenters. The molecule has 23 heavy (non-hydrogen) atoms. The molecular weight excluding hydrogens is 312 g/mol. The lowest BCUT2D eigenvalue weighted by atomic mass is 9.50. The third kappa shape index (κ3) is 2.47. The van der Waals surface area contributed by atoms with Crippen LogP contribution in [0, 0.1) is 10.8 Å². The van der Waals surface area contributed by atoms with Gasteiger partial charge in [0.2, 0.25) is 5.91 Å². The SMILES string of the molecule is CC(=O)NCC1(C)CC2(CN(c3cc(Cl)cc4[nH]ncc34)C2)C1. The monoisotopic (exact) mass is 332 g/mol. The van der Waals surface area contributed by atoms with Gasteiger partial charge in [-0.05, 0) is 30.4 Å². The molecule has 5 nitrogen and oxygen atoms in total. The molecule has 1 spiro atoms. The van der Waals surface area contributed by atoms with Crippen LogP contribution >= 0.6 is 11.6 Å². The molecule has 1 aliphatic carbocycles. The Kier molecular flexibility index (Phi) is 3.14. The predicted octanol–water partition coefficient (Wildman–Crippen LogP) is 2.96. The molecule has 2 aromatic rings. The Labute approximate surface area is 140 Å². The van der Waals surface area contributed by atoms with E-state index in [1.807, 2.05) is 18.3 Å². The standard InChI is InChI=1S/C17H21ClN4O/c1-11(23)19-8-16(2)6-17(7-16)9-22(10-17)15-4-12(18)3-14-13(15)5-20-21-14/h3-5H,6-10H2,1-2H3,(H,19,23)(H,20,21). The van der Waals surface area contributed by atoms with Gasteiger partial charge in [-0.15, -0.1) is 0 Å². The van der Waals surface area contributed by atoms with E-state index in [1.165, 1.54) is 18.5 Å². The quantitative estimate of drug-likeness (QED) is 0.908. The molecule has 1 aliphatic heterocycles. The maximum atomic E-state index is 11.1. The molecule has 0 unspecified atom stereocenters. The summed E-state index contributed by atoms with van der Waals surface area (Å²) >= 11 is 6.23. The van der Waals surface area contributed by atoms with Gasteiger partial charge in [0.05, 0.1) is 11.7 Å². The minimum atomic E-state index is 0.0590. The number of anilines is 1. The number of carbonyl (C=O) groups excluding carboxylic acids is 1. The summed E-state index contributed by atoms with van der Waals surface area (Å²) in [7, 11) is 0. The van der Waals surface area contributed by atoms with Gasteiger partial charge in [0.15, 0.2) is 0 Å². The number of carbonyl (C=O) groups is 1. The van der Waals surface area contributed by atoms with Crippen molar-refractivity contribution in [1.29, 1.82) is 0 Å². The average molecular weight is 333 g/mol. The Bertz CT molecular complexity index is 770. The van der Waals surface area contributed by atoms with Crippen LogP contribution in [0.15, 0.2) is 18.3 Å². The summed E-state index contributed by atoms with van der Waals surface area (Å²) in [6.07, 6.45) is 4.21. The van der Waals surface area contributed by atoms with Gasteiger partial charge in [0.25, 0.3) is 0 Å². The Balaban J connectivity index is 1.44. The topological polar surface area (TPSA) is 61.0 Å². The fourth-order valence-electron chi connectivity index (χ4n) is 4.64. The van der Waals surface area contributed by atoms with Crippen LogP contribution in [-0.4, -0.2) is 35.7 Å². The highest BCUT2D eigenvalue weighted by atomic mass is 35.5. The van der Waals surface area contributed by atoms with E-state index in [4.69, 9.17) is 11.6 Å². The van der Waals surface area contributed by atoms with Crippen LogP contribution in [0.25, 0.3) is 10.9 Å². The van der Waals surface area contributed by atoms with Crippen molar-refractivity contribution in [2.24, 2.45) is 10.8 Å². The van der Waals surface area contributed by atoms with Gasteiger partial charge in [0.1, 0.15) is 0 Å². The first-order valence-corrected chi connectivity index (χ1v) is 8.38. The largest absolute Gasteiger partial charge is 0.370 e. The van der Waals surface area contributed by atoms with Crippen LogP contribution in [0.1, 0.15) is 26.7 Å². The van der Waals surface area contributed by atoms with E-state index in [-0.39, 0.29) is 11.3 Å². The molecule has 6 heteroatoms. The maximum absolute atomic E-state index is 11.1. The fraction of sp³-hybridized carbons (Fsp3) is 0.529. The second-order valence-electron chi connectivity index (χ2n) is 7.69. The molecule has 2 aliphatic rings. The number of nitrogens with zero attached hydrogens (tertiary/aromatic N) is 2. The van der Waals surface area contributed by atoms with Gasteiger partial charge in [-0.25, -0.2) is 0 Å². The highest BCUT2D eigenvalue weighted by molar-refractivity contribution is 6.31. The summed E-state index contributed by atoms with van der Waals surface area (Å²) < 4.78 is 0. The lowest BCUT2D eigenvalue weighted by Crippen LogP contribution is -2.66. The number of hydrogen-bond donors (Lipinski definition) is 2. The van der Waals surface area contributed by atoms with Crippen molar-refractivity contribution in [3.05, 3.63) is 23.4 Å². The van der Waals surface area contributed by atoms with Gasteiger partial charge >= 0.3 is 0 Å². The van der Waals surface area contributed by atoms with Crippen molar-refractivity contribution in [3.8, 4) is 0 Å². The zero-order valence-corrected chi connectivity index (χ0v) is 14.2. The number of halogens is 1. The Morgan fingerprint density at radius 3 is 2.87 bits per heavy atom. The molecule has 0 radical (unpaired) electrons. The zero-order valence-electron chi connectivity index (χ0n) is 13.4. The normalized spacial score (nSPS) is 21.1. The summed E-state index contributed by atoms with van der Waals surface area (Å²) in [5, 5.41) is 11.9. The highest BCUT2D eigenvalue weighted by Crippen LogP contribution is 2.59. The minimum absolute atomic E-state index is 0.0590. The van der Waals surface area contributed by atoms with E-state index in [0.29, 0.717) is 5.41 Å². The summed E-state index contributed by atoms with van der Waals surface area (Å²) in [5.41, 5.74) is 2.81. The van der Waals surface area contributed by atoms with Gasteiger partial charge in [-0.2, -0.15) is 5.10 Å². The van der Waals surface area contributed by atoms with Crippen molar-refractivity contribution < 1.29 is 4.79 Å². The second-order valence-corrected chi connectivity index (χ2v) is 8.12. The van der Waals surface area contributed by atoms with E-state index in [0.717, 1.165) is 35.6 Å². The Morgan fingerprint density at radius 2 is 2.17 bits per heavy atom. The number of aromatic nitrogens is 2. The van der Waals surface area contributed by atoms with Gasteiger partial charge in [-0.3, -0.25) is 9.89 Å². The molecule has 2 fully saturated rings. The van der Waals surface area contributed by atoms with Crippen molar-refractivity contribution in [2.75, 3.05) is 24.5 Å². The van der Waals surface area contributed by atoms with Crippen LogP contribution < -0.4 is 10.2 Å². The average Bonchev–Trinajstić information content (AvgIpc) is 2.86. The number of amides is 1. The summed E-state index contributed by atoms with van der Waals surface area (Å²) in [6.45, 7) is 6.75. The minimum Gasteiger partial charge on any atom is -0.370 e. The molecule has 122 valence electrons. The molecule has 1 aromatic heterocycles. The number of H-pyrrole nitrogens is 1. The number of aromatic amines is 1. The van der Waals surface area contributed by atoms with Crippen molar-refractivity contribution in [1.82, 2.24) is 15.5 Å². The van der Waals surface area contributed by atoms with Crippen LogP contribution in [-0.2, 0) is 4.79 Å². The maximum Gasteiger partial charge on any atom is 0.216 e. The summed E-state index contributed by atoms with van der Waals surface area (Å²) in [6, 6.07) is 3.94. The van der Waals surface area contributed by atoms with Crippen molar-refractivity contribution in [3.63, 3.8) is 0 Å². The molecule has 4 rings (SSSR count). The van der Waals surface area contributed by atoms with E-state index in [2.05, 4.69) is 27.3 Å². The first-order valence-electron chi connectivity index (χ1n) is 8.00. The lowest BCUT2D eigenvalue weighted by Gasteiger charge is -2.64. The number of nitrogens with one attached hydrogen (secondary N) is 2. The number of hydrogen-bond acceptors (Lipinski definition) is 3. The smallest absolute Gasteiger partial charge is 0.216 e. The lowest BCUT2D eigenvalue weighted by molar-refractivity contribution is -0.121. The molecular formula is C17H21ClN4O. The molecule has 1 aromatic carbocycles. The van der Waals surface area contributed by atoms with Crippen LogP contribution in [0.2, 0.25) is 5.02 Å². The van der Waals surface area contributed by atoms with Crippen LogP contribution in [0.3, 0.4) is 0 Å². The highest BCUT2D eigenvalue weighted by Gasteiger charge is 2.57. The first-order chi connectivity index (χ1) is 10.9. The van der Waals surface area contributed by atoms with E-state index < -0.39 is 0 Å². The van der Waals surface area contributed by atoms with Crippen LogP contribution in [0.5, 0.6) is 0 Å². The van der Waals surface area contributed by atoms with Gasteiger partial charge < -0.3 is 10.2 Å². The zero-order chi connectivity index (χ0) is 16.2. The van der Waals surface area contributed by atoms with Crippen molar-refractivity contribution in [2.45, 2.75) is 26.7 Å². The molecule has 2 heterocycles. The Hall–Kier alpha value is -1.75. The predicted molar refractivity (Wildman–Crippen MR) is 91.8 cm³/mol. The molecule has 1 saturated carbocycles. The third-order valence-corrected chi connectivity index (χ3v) is 5.48. The fourth-order valence-corrected chi connectivity index (χ4v) is 4.85. The van der Waals surface area contributed by atoms with E-state index in [1.54, 1.807) is 6.92 Å². The second kappa shape index (κ2) is 4.87. The van der Waals surface area contributed by atoms with Crippen LogP contribution in [0.4, 0.5) is 5.69 Å².